The fraction of sp³-hybridized carbons (Fsp3) is 0.218. The molecule has 0 atom stereocenters. The van der Waals surface area contributed by atoms with E-state index in [0.717, 1.165) is 37.1 Å². The molecule has 2 aliphatic rings. The molecule has 3 heteroatoms. The third-order valence-corrected chi connectivity index (χ3v) is 15.2. The molecule has 0 fully saturated rings. The second-order valence-electron chi connectivity index (χ2n) is 16.6. The van der Waals surface area contributed by atoms with Gasteiger partial charge in [0.05, 0.1) is 8.80 Å². The van der Waals surface area contributed by atoms with Gasteiger partial charge in [0.25, 0.3) is 0 Å². The summed E-state index contributed by atoms with van der Waals surface area (Å²) in [5.41, 5.74) is 19.7. The van der Waals surface area contributed by atoms with Gasteiger partial charge in [-0.15, -0.1) is 0 Å². The van der Waals surface area contributed by atoms with Gasteiger partial charge in [-0.25, -0.2) is 0 Å². The molecule has 0 unspecified atom stereocenters. The Kier molecular flexibility index (Phi) is 9.90. The summed E-state index contributed by atoms with van der Waals surface area (Å²) >= 11 is 0. The molecule has 0 amide bonds. The van der Waals surface area contributed by atoms with Crippen LogP contribution in [0.1, 0.15) is 86.8 Å². The lowest BCUT2D eigenvalue weighted by Gasteiger charge is -2.32. The van der Waals surface area contributed by atoms with E-state index in [2.05, 4.69) is 210 Å². The Labute approximate surface area is 347 Å². The van der Waals surface area contributed by atoms with E-state index in [0.29, 0.717) is 0 Å². The number of hydrogen-bond donors (Lipinski definition) is 0. The van der Waals surface area contributed by atoms with E-state index in [1.807, 2.05) is 0 Å². The standard InChI is InChI=1S/C55H54N2Si/c1-7-54(8-2)49-33-38(23-28-45(49)47-30-25-40(35-51(47)54)41-26-32-53(56-37-41)58(5)6)21-22-39-24-29-46-48-31-27-44(36-52(48)55(9-3,10-4)50(46)34-39)57(42-17-13-11-14-18-42)43-19-15-12-16-20-43/h11-37,58H,7-10H2,1-6H3/b22-21+. The van der Waals surface area contributed by atoms with Crippen molar-refractivity contribution in [1.82, 2.24) is 4.98 Å². The third kappa shape index (κ3) is 6.10. The molecule has 0 bridgehead atoms. The maximum absolute atomic E-state index is 4.85. The van der Waals surface area contributed by atoms with E-state index >= 15 is 0 Å². The number of fused-ring (bicyclic) bond motifs is 6. The molecule has 0 radical (unpaired) electrons. The van der Waals surface area contributed by atoms with Crippen molar-refractivity contribution in [3.63, 3.8) is 0 Å². The number of para-hydroxylation sites is 2. The number of aromatic nitrogens is 1. The lowest BCUT2D eigenvalue weighted by Crippen LogP contribution is -2.25. The molecule has 0 saturated heterocycles. The van der Waals surface area contributed by atoms with Crippen molar-refractivity contribution < 1.29 is 0 Å². The molecule has 58 heavy (non-hydrogen) atoms. The highest BCUT2D eigenvalue weighted by atomic mass is 28.3. The van der Waals surface area contributed by atoms with E-state index in [9.17, 15) is 0 Å². The summed E-state index contributed by atoms with van der Waals surface area (Å²) in [6, 6.07) is 54.6. The van der Waals surface area contributed by atoms with Crippen molar-refractivity contribution in [3.8, 4) is 33.4 Å². The molecule has 0 aliphatic heterocycles. The smallest absolute Gasteiger partial charge is 0.0884 e. The van der Waals surface area contributed by atoms with Gasteiger partial charge in [0.15, 0.2) is 0 Å². The summed E-state index contributed by atoms with van der Waals surface area (Å²) in [6.45, 7) is 14.1. The van der Waals surface area contributed by atoms with Crippen molar-refractivity contribution in [2.24, 2.45) is 0 Å². The first-order valence-corrected chi connectivity index (χ1v) is 24.4. The summed E-state index contributed by atoms with van der Waals surface area (Å²) in [7, 11) is -0.928. The maximum Gasteiger partial charge on any atom is 0.0884 e. The van der Waals surface area contributed by atoms with E-state index in [1.54, 1.807) is 0 Å². The van der Waals surface area contributed by atoms with Crippen LogP contribution in [0.3, 0.4) is 0 Å². The van der Waals surface area contributed by atoms with Crippen LogP contribution >= 0.6 is 0 Å². The summed E-state index contributed by atoms with van der Waals surface area (Å²) in [5.74, 6) is 0. The van der Waals surface area contributed by atoms with Crippen molar-refractivity contribution >= 4 is 43.3 Å². The van der Waals surface area contributed by atoms with Crippen LogP contribution in [0.2, 0.25) is 13.1 Å². The van der Waals surface area contributed by atoms with Gasteiger partial charge in [-0.2, -0.15) is 0 Å². The number of hydrogen-bond acceptors (Lipinski definition) is 2. The van der Waals surface area contributed by atoms with Crippen molar-refractivity contribution in [2.75, 3.05) is 4.90 Å². The molecule has 2 nitrogen and oxygen atoms in total. The largest absolute Gasteiger partial charge is 0.310 e. The first-order chi connectivity index (χ1) is 28.3. The van der Waals surface area contributed by atoms with Crippen molar-refractivity contribution in [1.29, 1.82) is 0 Å². The van der Waals surface area contributed by atoms with E-state index in [1.165, 1.54) is 77.8 Å². The van der Waals surface area contributed by atoms with Crippen LogP contribution in [-0.4, -0.2) is 13.8 Å². The Morgan fingerprint density at radius 2 is 0.914 bits per heavy atom. The SMILES string of the molecule is CCC1(CC)c2cc(/C=C/c3ccc4c(c3)C(CC)(CC)c3cc(N(c5ccccc5)c5ccccc5)ccc3-4)ccc2-c2ccc(-c3ccc([SiH](C)C)nc3)cc21. The minimum Gasteiger partial charge on any atom is -0.310 e. The van der Waals surface area contributed by atoms with Crippen molar-refractivity contribution in [2.45, 2.75) is 77.3 Å². The van der Waals surface area contributed by atoms with E-state index in [4.69, 9.17) is 4.98 Å². The lowest BCUT2D eigenvalue weighted by molar-refractivity contribution is 0.490. The lowest BCUT2D eigenvalue weighted by atomic mass is 9.73. The first-order valence-electron chi connectivity index (χ1n) is 21.5. The average Bonchev–Trinajstić information content (AvgIpc) is 3.71. The predicted octanol–water partition coefficient (Wildman–Crippen LogP) is 14.3. The van der Waals surface area contributed by atoms with Gasteiger partial charge < -0.3 is 4.90 Å². The van der Waals surface area contributed by atoms with E-state index < -0.39 is 8.80 Å². The molecule has 7 aromatic rings. The number of nitrogens with zero attached hydrogens (tertiary/aromatic N) is 2. The van der Waals surface area contributed by atoms with Gasteiger partial charge in [0.2, 0.25) is 0 Å². The highest BCUT2D eigenvalue weighted by Crippen LogP contribution is 2.56. The van der Waals surface area contributed by atoms with Gasteiger partial charge in [-0.05, 0) is 141 Å². The quantitative estimate of drug-likeness (QED) is 0.0962. The first kappa shape index (κ1) is 37.8. The van der Waals surface area contributed by atoms with Gasteiger partial charge in [0.1, 0.15) is 0 Å². The molecular weight excluding hydrogens is 717 g/mol. The van der Waals surface area contributed by atoms with Crippen LogP contribution in [0.25, 0.3) is 45.5 Å². The topological polar surface area (TPSA) is 16.1 Å². The van der Waals surface area contributed by atoms with Gasteiger partial charge in [-0.3, -0.25) is 4.98 Å². The Hall–Kier alpha value is -5.77. The number of anilines is 3. The number of rotatable bonds is 11. The third-order valence-electron chi connectivity index (χ3n) is 13.6. The van der Waals surface area contributed by atoms with Crippen LogP contribution in [-0.2, 0) is 10.8 Å². The van der Waals surface area contributed by atoms with Crippen LogP contribution < -0.4 is 10.2 Å². The van der Waals surface area contributed by atoms with Crippen LogP contribution in [0.4, 0.5) is 17.1 Å². The maximum atomic E-state index is 4.85. The molecule has 2 aliphatic carbocycles. The fourth-order valence-corrected chi connectivity index (χ4v) is 11.1. The Balaban J connectivity index is 1.04. The Morgan fingerprint density at radius 1 is 0.466 bits per heavy atom. The molecule has 0 saturated carbocycles. The summed E-state index contributed by atoms with van der Waals surface area (Å²) < 4.78 is 0. The fourth-order valence-electron chi connectivity index (χ4n) is 10.3. The highest BCUT2D eigenvalue weighted by Gasteiger charge is 2.42. The molecule has 6 aromatic carbocycles. The Bertz CT molecular complexity index is 2590. The molecule has 0 N–H and O–H groups in total. The zero-order valence-electron chi connectivity index (χ0n) is 34.9. The van der Waals surface area contributed by atoms with Crippen LogP contribution in [0.5, 0.6) is 0 Å². The number of benzene rings is 6. The Morgan fingerprint density at radius 3 is 1.38 bits per heavy atom. The zero-order chi connectivity index (χ0) is 40.0. The molecule has 1 heterocycles. The van der Waals surface area contributed by atoms with Gasteiger partial charge in [-0.1, -0.05) is 150 Å². The van der Waals surface area contributed by atoms with Gasteiger partial charge >= 0.3 is 0 Å². The second kappa shape index (κ2) is 15.2. The zero-order valence-corrected chi connectivity index (χ0v) is 36.0. The summed E-state index contributed by atoms with van der Waals surface area (Å²) in [4.78, 5) is 7.24. The monoisotopic (exact) mass is 770 g/mol. The minimum absolute atomic E-state index is 0.0145. The molecule has 9 rings (SSSR count). The van der Waals surface area contributed by atoms with Crippen LogP contribution in [0, 0.1) is 0 Å². The molecular formula is C55H54N2Si. The molecule has 288 valence electrons. The molecule has 0 spiro atoms. The van der Waals surface area contributed by atoms with Crippen molar-refractivity contribution in [3.05, 3.63) is 185 Å². The minimum atomic E-state index is -0.928. The van der Waals surface area contributed by atoms with E-state index in [-0.39, 0.29) is 10.8 Å². The second-order valence-corrected chi connectivity index (χ2v) is 19.5. The number of pyridine rings is 1. The normalized spacial score (nSPS) is 14.3. The summed E-state index contributed by atoms with van der Waals surface area (Å²) in [6.07, 6.45) is 11.0. The highest BCUT2D eigenvalue weighted by molar-refractivity contribution is 6.69. The van der Waals surface area contributed by atoms with Gasteiger partial charge in [0, 0.05) is 39.4 Å². The average molecular weight is 771 g/mol. The van der Waals surface area contributed by atoms with Crippen LogP contribution in [0.15, 0.2) is 152 Å². The predicted molar refractivity (Wildman–Crippen MR) is 252 cm³/mol. The molecule has 1 aromatic heterocycles. The summed E-state index contributed by atoms with van der Waals surface area (Å²) in [5, 5.41) is 1.28.